The highest BCUT2D eigenvalue weighted by molar-refractivity contribution is 5.16. The van der Waals surface area contributed by atoms with Crippen molar-refractivity contribution in [3.63, 3.8) is 0 Å². The number of rotatable bonds is 5. The maximum absolute atomic E-state index is 13.0. The first kappa shape index (κ1) is 13.1. The molecule has 2 N–H and O–H groups in total. The van der Waals surface area contributed by atoms with Gasteiger partial charge in [0.2, 0.25) is 0 Å². The highest BCUT2D eigenvalue weighted by Crippen LogP contribution is 2.10. The largest absolute Gasteiger partial charge is 0.324 e. The highest BCUT2D eigenvalue weighted by Gasteiger charge is 2.17. The van der Waals surface area contributed by atoms with Gasteiger partial charge < -0.3 is 10.6 Å². The number of halogens is 1. The third-order valence-electron chi connectivity index (χ3n) is 2.78. The van der Waals surface area contributed by atoms with Crippen molar-refractivity contribution in [3.05, 3.63) is 35.6 Å². The van der Waals surface area contributed by atoms with Crippen LogP contribution in [0.3, 0.4) is 0 Å². The van der Waals surface area contributed by atoms with Gasteiger partial charge in [-0.15, -0.1) is 0 Å². The van der Waals surface area contributed by atoms with E-state index in [0.717, 1.165) is 25.1 Å². The van der Waals surface area contributed by atoms with Gasteiger partial charge in [0.15, 0.2) is 0 Å². The number of nitrogens with zero attached hydrogens (tertiary/aromatic N) is 1. The normalized spacial score (nSPS) is 15.1. The molecule has 2 nitrogen and oxygen atoms in total. The highest BCUT2D eigenvalue weighted by atomic mass is 19.1. The Hall–Kier alpha value is -0.930. The Morgan fingerprint density at radius 2 is 2.12 bits per heavy atom. The van der Waals surface area contributed by atoms with Crippen LogP contribution in [0.5, 0.6) is 0 Å². The number of benzene rings is 1. The molecule has 1 aromatic carbocycles. The van der Waals surface area contributed by atoms with Crippen molar-refractivity contribution in [2.75, 3.05) is 13.6 Å². The zero-order valence-electron chi connectivity index (χ0n) is 10.3. The SMILES string of the molecule is CCC(C)(N)CN(C)Cc1cccc(F)c1. The molecular formula is C13H21FN2. The Labute approximate surface area is 97.3 Å². The maximum Gasteiger partial charge on any atom is 0.123 e. The Balaban J connectivity index is 2.55. The molecule has 1 rings (SSSR count). The van der Waals surface area contributed by atoms with Crippen LogP contribution in [0.4, 0.5) is 4.39 Å². The molecule has 3 heteroatoms. The zero-order valence-corrected chi connectivity index (χ0v) is 10.3. The quantitative estimate of drug-likeness (QED) is 0.832. The van der Waals surface area contributed by atoms with Crippen molar-refractivity contribution in [2.45, 2.75) is 32.4 Å². The van der Waals surface area contributed by atoms with E-state index in [-0.39, 0.29) is 11.4 Å². The van der Waals surface area contributed by atoms with Crippen molar-refractivity contribution in [2.24, 2.45) is 5.73 Å². The topological polar surface area (TPSA) is 29.3 Å². The van der Waals surface area contributed by atoms with Crippen LogP contribution in [-0.2, 0) is 6.54 Å². The second-order valence-corrected chi connectivity index (χ2v) is 4.81. The first-order chi connectivity index (χ1) is 7.43. The van der Waals surface area contributed by atoms with Crippen LogP contribution < -0.4 is 5.73 Å². The van der Waals surface area contributed by atoms with Crippen LogP contribution in [0.1, 0.15) is 25.8 Å². The lowest BCUT2D eigenvalue weighted by atomic mass is 10.00. The van der Waals surface area contributed by atoms with Crippen molar-refractivity contribution in [1.82, 2.24) is 4.90 Å². The molecule has 0 fully saturated rings. The monoisotopic (exact) mass is 224 g/mol. The first-order valence-electron chi connectivity index (χ1n) is 5.65. The van der Waals surface area contributed by atoms with Crippen LogP contribution >= 0.6 is 0 Å². The second kappa shape index (κ2) is 5.41. The van der Waals surface area contributed by atoms with Gasteiger partial charge in [0, 0.05) is 18.6 Å². The van der Waals surface area contributed by atoms with E-state index in [1.807, 2.05) is 20.0 Å². The Kier molecular flexibility index (Phi) is 4.44. The van der Waals surface area contributed by atoms with E-state index in [2.05, 4.69) is 11.8 Å². The van der Waals surface area contributed by atoms with Crippen molar-refractivity contribution in [3.8, 4) is 0 Å². The zero-order chi connectivity index (χ0) is 12.2. The molecule has 0 aliphatic rings. The number of nitrogens with two attached hydrogens (primary N) is 1. The first-order valence-corrected chi connectivity index (χ1v) is 5.65. The summed E-state index contributed by atoms with van der Waals surface area (Å²) in [5.74, 6) is -0.183. The third-order valence-corrected chi connectivity index (χ3v) is 2.78. The van der Waals surface area contributed by atoms with Gasteiger partial charge in [-0.2, -0.15) is 0 Å². The van der Waals surface area contributed by atoms with E-state index in [1.54, 1.807) is 12.1 Å². The fourth-order valence-corrected chi connectivity index (χ4v) is 1.73. The summed E-state index contributed by atoms with van der Waals surface area (Å²) in [7, 11) is 2.01. The summed E-state index contributed by atoms with van der Waals surface area (Å²) in [5, 5.41) is 0. The number of hydrogen-bond acceptors (Lipinski definition) is 2. The molecule has 0 amide bonds. The maximum atomic E-state index is 13.0. The molecule has 0 aliphatic carbocycles. The molecule has 0 heterocycles. The van der Waals surface area contributed by atoms with Gasteiger partial charge in [-0.3, -0.25) is 0 Å². The number of hydrogen-bond donors (Lipinski definition) is 1. The standard InChI is InChI=1S/C13H21FN2/c1-4-13(2,15)10-16(3)9-11-6-5-7-12(14)8-11/h5-8H,4,9-10,15H2,1-3H3. The predicted molar refractivity (Wildman–Crippen MR) is 65.6 cm³/mol. The fraction of sp³-hybridized carbons (Fsp3) is 0.538. The van der Waals surface area contributed by atoms with E-state index < -0.39 is 0 Å². The minimum atomic E-state index is -0.183. The lowest BCUT2D eigenvalue weighted by Gasteiger charge is -2.29. The Bertz CT molecular complexity index is 336. The Morgan fingerprint density at radius 3 is 2.69 bits per heavy atom. The lowest BCUT2D eigenvalue weighted by Crippen LogP contribution is -2.45. The minimum Gasteiger partial charge on any atom is -0.324 e. The molecule has 0 spiro atoms. The summed E-state index contributed by atoms with van der Waals surface area (Å²) in [4.78, 5) is 2.12. The molecule has 0 aliphatic heterocycles. The molecule has 1 atom stereocenters. The summed E-state index contributed by atoms with van der Waals surface area (Å²) in [6.07, 6.45) is 0.931. The summed E-state index contributed by atoms with van der Waals surface area (Å²) in [5.41, 5.74) is 6.89. The van der Waals surface area contributed by atoms with Crippen LogP contribution in [0, 0.1) is 5.82 Å². The molecule has 0 aromatic heterocycles. The van der Waals surface area contributed by atoms with Crippen molar-refractivity contribution in [1.29, 1.82) is 0 Å². The van der Waals surface area contributed by atoms with E-state index in [4.69, 9.17) is 5.73 Å². The van der Waals surface area contributed by atoms with Gasteiger partial charge in [0.25, 0.3) is 0 Å². The summed E-state index contributed by atoms with van der Waals surface area (Å²) in [6, 6.07) is 6.69. The van der Waals surface area contributed by atoms with Gasteiger partial charge in [-0.25, -0.2) is 4.39 Å². The third kappa shape index (κ3) is 4.29. The van der Waals surface area contributed by atoms with Gasteiger partial charge in [-0.1, -0.05) is 19.1 Å². The fourth-order valence-electron chi connectivity index (χ4n) is 1.73. The van der Waals surface area contributed by atoms with Crippen LogP contribution in [0.15, 0.2) is 24.3 Å². The van der Waals surface area contributed by atoms with E-state index in [0.29, 0.717) is 0 Å². The van der Waals surface area contributed by atoms with Crippen LogP contribution in [-0.4, -0.2) is 24.0 Å². The van der Waals surface area contributed by atoms with Gasteiger partial charge in [-0.05, 0) is 38.1 Å². The average Bonchev–Trinajstić information content (AvgIpc) is 2.16. The second-order valence-electron chi connectivity index (χ2n) is 4.81. The van der Waals surface area contributed by atoms with Gasteiger partial charge in [0.1, 0.15) is 5.82 Å². The molecule has 1 unspecified atom stereocenters. The number of likely N-dealkylation sites (N-methyl/N-ethyl adjacent to an activating group) is 1. The molecule has 0 bridgehead atoms. The summed E-state index contributed by atoms with van der Waals surface area (Å²) < 4.78 is 13.0. The Morgan fingerprint density at radius 1 is 1.44 bits per heavy atom. The molecule has 0 radical (unpaired) electrons. The lowest BCUT2D eigenvalue weighted by molar-refractivity contribution is 0.246. The van der Waals surface area contributed by atoms with Crippen LogP contribution in [0.2, 0.25) is 0 Å². The molecular weight excluding hydrogens is 203 g/mol. The van der Waals surface area contributed by atoms with Crippen molar-refractivity contribution >= 4 is 0 Å². The molecule has 0 saturated heterocycles. The summed E-state index contributed by atoms with van der Waals surface area (Å²) >= 11 is 0. The average molecular weight is 224 g/mol. The van der Waals surface area contributed by atoms with Gasteiger partial charge in [0.05, 0.1) is 0 Å². The molecule has 90 valence electrons. The van der Waals surface area contributed by atoms with E-state index in [9.17, 15) is 4.39 Å². The molecule has 0 saturated carbocycles. The summed E-state index contributed by atoms with van der Waals surface area (Å²) in [6.45, 7) is 5.65. The smallest absolute Gasteiger partial charge is 0.123 e. The molecule has 1 aromatic rings. The van der Waals surface area contributed by atoms with Gasteiger partial charge >= 0.3 is 0 Å². The van der Waals surface area contributed by atoms with Crippen LogP contribution in [0.25, 0.3) is 0 Å². The van der Waals surface area contributed by atoms with E-state index in [1.165, 1.54) is 6.07 Å². The molecule has 16 heavy (non-hydrogen) atoms. The van der Waals surface area contributed by atoms with Crippen molar-refractivity contribution < 1.29 is 4.39 Å². The van der Waals surface area contributed by atoms with E-state index >= 15 is 0 Å². The predicted octanol–water partition coefficient (Wildman–Crippen LogP) is 2.38. The minimum absolute atomic E-state index is 0.178.